The van der Waals surface area contributed by atoms with Gasteiger partial charge >= 0.3 is 0 Å². The van der Waals surface area contributed by atoms with E-state index in [1.165, 1.54) is 0 Å². The molecule has 1 saturated heterocycles. The number of carbonyl (C=O) groups is 1. The second kappa shape index (κ2) is 6.02. The molecule has 0 spiro atoms. The number of nitrogens with zero attached hydrogens (tertiary/aromatic N) is 3. The Kier molecular flexibility index (Phi) is 4.37. The van der Waals surface area contributed by atoms with Crippen LogP contribution in [0.3, 0.4) is 0 Å². The molecule has 1 aliphatic heterocycles. The van der Waals surface area contributed by atoms with Gasteiger partial charge in [0, 0.05) is 26.3 Å². The van der Waals surface area contributed by atoms with Crippen LogP contribution in [-0.2, 0) is 11.4 Å². The number of amides is 1. The third-order valence-corrected chi connectivity index (χ3v) is 3.48. The third-order valence-electron chi connectivity index (χ3n) is 3.48. The first-order valence-electron chi connectivity index (χ1n) is 6.67. The molecule has 104 valence electrons. The molecule has 0 aliphatic carbocycles. The number of likely N-dealkylation sites (tertiary alicyclic amines) is 1. The summed E-state index contributed by atoms with van der Waals surface area (Å²) in [6.45, 7) is 4.04. The molecule has 1 aromatic heterocycles. The first kappa shape index (κ1) is 13.8. The first-order valence-corrected chi connectivity index (χ1v) is 6.67. The predicted octanol–water partition coefficient (Wildman–Crippen LogP) is 0.941. The Morgan fingerprint density at radius 1 is 1.47 bits per heavy atom. The molecule has 1 fully saturated rings. The van der Waals surface area contributed by atoms with Gasteiger partial charge < -0.3 is 14.9 Å². The van der Waals surface area contributed by atoms with Crippen molar-refractivity contribution in [1.82, 2.24) is 9.88 Å². The average molecular weight is 263 g/mol. The number of carbonyl (C=O) groups excluding carboxylic acids is 1. The smallest absolute Gasteiger partial charge is 0.242 e. The summed E-state index contributed by atoms with van der Waals surface area (Å²) < 4.78 is 0. The minimum absolute atomic E-state index is 0.00938. The van der Waals surface area contributed by atoms with Crippen molar-refractivity contribution in [2.45, 2.75) is 26.4 Å². The zero-order valence-electron chi connectivity index (χ0n) is 11.6. The summed E-state index contributed by atoms with van der Waals surface area (Å²) in [5.41, 5.74) is 1.77. The van der Waals surface area contributed by atoms with Crippen LogP contribution in [0, 0.1) is 6.92 Å². The number of likely N-dealkylation sites (N-methyl/N-ethyl adjacent to an activating group) is 1. The third kappa shape index (κ3) is 3.23. The van der Waals surface area contributed by atoms with Crippen molar-refractivity contribution in [3.63, 3.8) is 0 Å². The number of rotatable bonds is 4. The van der Waals surface area contributed by atoms with Crippen LogP contribution in [0.2, 0.25) is 0 Å². The molecule has 0 atom stereocenters. The van der Waals surface area contributed by atoms with E-state index in [-0.39, 0.29) is 12.5 Å². The molecule has 0 bridgehead atoms. The van der Waals surface area contributed by atoms with E-state index in [9.17, 15) is 4.79 Å². The lowest BCUT2D eigenvalue weighted by Gasteiger charge is -2.23. The van der Waals surface area contributed by atoms with Crippen molar-refractivity contribution in [1.29, 1.82) is 0 Å². The zero-order valence-corrected chi connectivity index (χ0v) is 11.6. The van der Waals surface area contributed by atoms with Crippen LogP contribution in [0.5, 0.6) is 0 Å². The SMILES string of the molecule is Cc1cc(CO)cnc1N(C)CC(=O)N1CCCC1. The lowest BCUT2D eigenvalue weighted by atomic mass is 10.2. The first-order chi connectivity index (χ1) is 9.11. The van der Waals surface area contributed by atoms with Gasteiger partial charge in [0.25, 0.3) is 0 Å². The molecule has 2 rings (SSSR count). The Hall–Kier alpha value is -1.62. The van der Waals surface area contributed by atoms with Crippen molar-refractivity contribution >= 4 is 11.7 Å². The van der Waals surface area contributed by atoms with Gasteiger partial charge in [-0.2, -0.15) is 0 Å². The van der Waals surface area contributed by atoms with E-state index in [1.54, 1.807) is 6.20 Å². The van der Waals surface area contributed by atoms with Gasteiger partial charge in [0.05, 0.1) is 13.2 Å². The maximum atomic E-state index is 12.1. The van der Waals surface area contributed by atoms with Gasteiger partial charge in [0.2, 0.25) is 5.91 Å². The molecule has 0 aromatic carbocycles. The number of aliphatic hydroxyl groups excluding tert-OH is 1. The van der Waals surface area contributed by atoms with Crippen LogP contribution in [0.4, 0.5) is 5.82 Å². The molecular weight excluding hydrogens is 242 g/mol. The van der Waals surface area contributed by atoms with Crippen molar-refractivity contribution in [2.75, 3.05) is 31.6 Å². The standard InChI is InChI=1S/C14H21N3O2/c1-11-7-12(10-18)8-15-14(11)16(2)9-13(19)17-5-3-4-6-17/h7-8,18H,3-6,9-10H2,1-2H3. The van der Waals surface area contributed by atoms with Crippen molar-refractivity contribution in [3.05, 3.63) is 23.4 Å². The van der Waals surface area contributed by atoms with Crippen molar-refractivity contribution in [3.8, 4) is 0 Å². The largest absolute Gasteiger partial charge is 0.392 e. The second-order valence-electron chi connectivity index (χ2n) is 5.09. The summed E-state index contributed by atoms with van der Waals surface area (Å²) in [4.78, 5) is 20.2. The Bertz CT molecular complexity index is 456. The number of hydrogen-bond donors (Lipinski definition) is 1. The van der Waals surface area contributed by atoms with E-state index in [0.29, 0.717) is 6.54 Å². The van der Waals surface area contributed by atoms with Crippen LogP contribution >= 0.6 is 0 Å². The molecule has 5 heteroatoms. The van der Waals surface area contributed by atoms with Gasteiger partial charge in [-0.15, -0.1) is 0 Å². The van der Waals surface area contributed by atoms with E-state index in [4.69, 9.17) is 5.11 Å². The monoisotopic (exact) mass is 263 g/mol. The maximum absolute atomic E-state index is 12.1. The Balaban J connectivity index is 2.02. The minimum atomic E-state index is -0.00938. The fraction of sp³-hybridized carbons (Fsp3) is 0.571. The second-order valence-corrected chi connectivity index (χ2v) is 5.09. The van der Waals surface area contributed by atoms with Gasteiger partial charge in [-0.25, -0.2) is 4.98 Å². The number of pyridine rings is 1. The van der Waals surface area contributed by atoms with Crippen LogP contribution < -0.4 is 4.90 Å². The molecule has 0 radical (unpaired) electrons. The van der Waals surface area contributed by atoms with Crippen molar-refractivity contribution in [2.24, 2.45) is 0 Å². The van der Waals surface area contributed by atoms with E-state index in [1.807, 2.05) is 29.8 Å². The molecule has 1 aromatic rings. The molecule has 5 nitrogen and oxygen atoms in total. The number of aliphatic hydroxyl groups is 1. The minimum Gasteiger partial charge on any atom is -0.392 e. The van der Waals surface area contributed by atoms with Crippen molar-refractivity contribution < 1.29 is 9.90 Å². The molecule has 1 N–H and O–H groups in total. The summed E-state index contributed by atoms with van der Waals surface area (Å²) in [5, 5.41) is 9.07. The summed E-state index contributed by atoms with van der Waals surface area (Å²) in [6, 6.07) is 1.90. The van der Waals surface area contributed by atoms with Crippen LogP contribution in [0.15, 0.2) is 12.3 Å². The summed E-state index contributed by atoms with van der Waals surface area (Å²) in [7, 11) is 1.88. The van der Waals surface area contributed by atoms with E-state index in [0.717, 1.165) is 42.9 Å². The molecule has 1 amide bonds. The Morgan fingerprint density at radius 2 is 2.16 bits per heavy atom. The lowest BCUT2D eigenvalue weighted by Crippen LogP contribution is -2.37. The zero-order chi connectivity index (χ0) is 13.8. The van der Waals surface area contributed by atoms with Crippen LogP contribution in [0.25, 0.3) is 0 Å². The number of anilines is 1. The van der Waals surface area contributed by atoms with Crippen LogP contribution in [0.1, 0.15) is 24.0 Å². The molecule has 0 saturated carbocycles. The van der Waals surface area contributed by atoms with Crippen LogP contribution in [-0.4, -0.2) is 47.6 Å². The molecule has 2 heterocycles. The molecular formula is C14H21N3O2. The van der Waals surface area contributed by atoms with Gasteiger partial charge in [-0.3, -0.25) is 4.79 Å². The quantitative estimate of drug-likeness (QED) is 0.878. The summed E-state index contributed by atoms with van der Waals surface area (Å²) in [5.74, 6) is 0.956. The topological polar surface area (TPSA) is 56.7 Å². The molecule has 1 aliphatic rings. The predicted molar refractivity (Wildman–Crippen MR) is 74.0 cm³/mol. The average Bonchev–Trinajstić information content (AvgIpc) is 2.92. The highest BCUT2D eigenvalue weighted by atomic mass is 16.3. The highest BCUT2D eigenvalue weighted by Gasteiger charge is 2.20. The number of aryl methyl sites for hydroxylation is 1. The highest BCUT2D eigenvalue weighted by Crippen LogP contribution is 2.17. The highest BCUT2D eigenvalue weighted by molar-refractivity contribution is 5.81. The summed E-state index contributed by atoms with van der Waals surface area (Å²) in [6.07, 6.45) is 3.87. The molecule has 0 unspecified atom stereocenters. The van der Waals surface area contributed by atoms with Gasteiger partial charge in [0.1, 0.15) is 5.82 Å². The van der Waals surface area contributed by atoms with Gasteiger partial charge in [-0.05, 0) is 37.0 Å². The Labute approximate surface area is 113 Å². The van der Waals surface area contributed by atoms with E-state index in [2.05, 4.69) is 4.98 Å². The number of hydrogen-bond acceptors (Lipinski definition) is 4. The maximum Gasteiger partial charge on any atom is 0.242 e. The lowest BCUT2D eigenvalue weighted by molar-refractivity contribution is -0.128. The fourth-order valence-corrected chi connectivity index (χ4v) is 2.46. The molecule has 19 heavy (non-hydrogen) atoms. The van der Waals surface area contributed by atoms with Gasteiger partial charge in [-0.1, -0.05) is 0 Å². The summed E-state index contributed by atoms with van der Waals surface area (Å²) >= 11 is 0. The van der Waals surface area contributed by atoms with Gasteiger partial charge in [0.15, 0.2) is 0 Å². The van der Waals surface area contributed by atoms with E-state index >= 15 is 0 Å². The Morgan fingerprint density at radius 3 is 2.74 bits per heavy atom. The van der Waals surface area contributed by atoms with E-state index < -0.39 is 0 Å². The normalized spacial score (nSPS) is 14.8. The number of aromatic nitrogens is 1. The fourth-order valence-electron chi connectivity index (χ4n) is 2.46.